The van der Waals surface area contributed by atoms with Gasteiger partial charge in [0, 0.05) is 31.5 Å². The van der Waals surface area contributed by atoms with Crippen molar-refractivity contribution in [3.05, 3.63) is 12.3 Å². The van der Waals surface area contributed by atoms with Crippen LogP contribution in [0.2, 0.25) is 0 Å². The lowest BCUT2D eigenvalue weighted by Gasteiger charge is -2.33. The number of carbonyl (C=O) groups is 9. The Morgan fingerprint density at radius 1 is 0.500 bits per heavy atom. The SMILES string of the molecule is C=C(O)C(C)(C)CC(C)(C)C(=O)NCC(=O)O.CC.CCC(=O)NCC(=O)NCC(=O)NCC(=O)NCC(=O)NCC(=O)NCC(C)=O.CO.CO. The van der Waals surface area contributed by atoms with E-state index in [9.17, 15) is 48.3 Å². The number of ketones is 1. The van der Waals surface area contributed by atoms with Gasteiger partial charge in [-0.05, 0) is 13.3 Å². The second-order valence-corrected chi connectivity index (χ2v) is 11.2. The quantitative estimate of drug-likeness (QED) is 0.0616. The maximum atomic E-state index is 11.8. The second kappa shape index (κ2) is 33.1. The summed E-state index contributed by atoms with van der Waals surface area (Å²) in [6, 6.07) is 0. The molecule has 0 aliphatic rings. The molecule has 20 heteroatoms. The molecule has 20 nitrogen and oxygen atoms in total. The van der Waals surface area contributed by atoms with E-state index in [4.69, 9.17) is 15.3 Å². The van der Waals surface area contributed by atoms with Gasteiger partial charge in [-0.25, -0.2) is 0 Å². The first-order valence-corrected chi connectivity index (χ1v) is 16.0. The Labute approximate surface area is 305 Å². The van der Waals surface area contributed by atoms with E-state index in [1.165, 1.54) is 6.92 Å². The van der Waals surface area contributed by atoms with Crippen LogP contribution in [-0.2, 0) is 43.2 Å². The molecule has 0 saturated carbocycles. The lowest BCUT2D eigenvalue weighted by molar-refractivity contribution is -0.140. The Hall–Kier alpha value is -5.11. The van der Waals surface area contributed by atoms with Crippen molar-refractivity contribution >= 4 is 53.1 Å². The van der Waals surface area contributed by atoms with E-state index in [2.05, 4.69) is 43.8 Å². The first-order valence-electron chi connectivity index (χ1n) is 16.0. The Morgan fingerprint density at radius 3 is 1.04 bits per heavy atom. The van der Waals surface area contributed by atoms with Crippen LogP contribution in [0, 0.1) is 10.8 Å². The normalized spacial score (nSPS) is 9.62. The molecule has 0 aromatic rings. The number of hydrogen-bond acceptors (Lipinski definition) is 12. The zero-order valence-electron chi connectivity index (χ0n) is 32.0. The number of nitrogens with one attached hydrogen (secondary N) is 7. The predicted octanol–water partition coefficient (Wildman–Crippen LogP) is -2.37. The minimum absolute atomic E-state index is 0.0107. The van der Waals surface area contributed by atoms with Gasteiger partial charge in [0.2, 0.25) is 41.4 Å². The van der Waals surface area contributed by atoms with E-state index in [0.717, 1.165) is 14.2 Å². The first-order chi connectivity index (χ1) is 24.1. The minimum Gasteiger partial charge on any atom is -0.512 e. The van der Waals surface area contributed by atoms with Gasteiger partial charge in [-0.2, -0.15) is 0 Å². The number of allylic oxidation sites excluding steroid dienone is 1. The number of hydrogen-bond donors (Lipinski definition) is 11. The largest absolute Gasteiger partial charge is 0.512 e. The molecule has 0 fully saturated rings. The molecule has 302 valence electrons. The summed E-state index contributed by atoms with van der Waals surface area (Å²) in [4.78, 5) is 101. The van der Waals surface area contributed by atoms with Gasteiger partial charge in [0.05, 0.1) is 45.0 Å². The average molecular weight is 752 g/mol. The van der Waals surface area contributed by atoms with Crippen LogP contribution in [0.5, 0.6) is 0 Å². The van der Waals surface area contributed by atoms with Crippen molar-refractivity contribution in [3.63, 3.8) is 0 Å². The molecule has 0 aromatic heterocycles. The summed E-state index contributed by atoms with van der Waals surface area (Å²) >= 11 is 0. The molecule has 0 unspecified atom stereocenters. The molecule has 52 heavy (non-hydrogen) atoms. The third-order valence-electron chi connectivity index (χ3n) is 5.77. The number of Topliss-reactive ketones (excluding diaryl/α,β-unsaturated/α-hetero) is 1. The maximum Gasteiger partial charge on any atom is 0.322 e. The van der Waals surface area contributed by atoms with Gasteiger partial charge in [-0.1, -0.05) is 55.0 Å². The van der Waals surface area contributed by atoms with Crippen molar-refractivity contribution in [1.29, 1.82) is 0 Å². The fraction of sp³-hybridized carbons (Fsp3) is 0.656. The highest BCUT2D eigenvalue weighted by Gasteiger charge is 2.36. The topological polar surface area (TPSA) is 319 Å². The number of aliphatic hydroxyl groups excluding tert-OH is 3. The van der Waals surface area contributed by atoms with Gasteiger partial charge in [0.1, 0.15) is 12.3 Å². The van der Waals surface area contributed by atoms with Gasteiger partial charge in [-0.3, -0.25) is 43.2 Å². The van der Waals surface area contributed by atoms with E-state index < -0.39 is 66.0 Å². The number of amides is 7. The standard InChI is InChI=1S/C16H26N6O7.C12H21NO4.C2H6.2CH4O/c1-3-11(24)18-5-13(26)20-7-15(28)22-9-16(29)21-8-14(27)19-6-12(25)17-4-10(2)23;1-8(14)11(2,3)7-12(4,5)10(17)13-6-9(15)16;3*1-2/h3-9H2,1-2H3,(H,17,25)(H,18,24)(H,19,27)(H,20,26)(H,21,29)(H,22,28);14H,1,6-7H2,2-5H3,(H,13,17)(H,15,16);1-2H3;2*2H,1H3. The monoisotopic (exact) mass is 751 g/mol. The number of carboxylic acid groups (broad SMARTS) is 1. The summed E-state index contributed by atoms with van der Waals surface area (Å²) in [6.07, 6.45) is 0.606. The molecular weight excluding hydrogens is 690 g/mol. The van der Waals surface area contributed by atoms with Crippen LogP contribution < -0.4 is 37.2 Å². The Bertz CT molecular complexity index is 1160. The molecule has 0 aliphatic heterocycles. The summed E-state index contributed by atoms with van der Waals surface area (Å²) in [5.41, 5.74) is -1.37. The van der Waals surface area contributed by atoms with Crippen LogP contribution in [0.25, 0.3) is 0 Å². The summed E-state index contributed by atoms with van der Waals surface area (Å²) in [7, 11) is 2.00. The van der Waals surface area contributed by atoms with E-state index in [0.29, 0.717) is 6.42 Å². The molecule has 0 rings (SSSR count). The van der Waals surface area contributed by atoms with Gasteiger partial charge in [0.25, 0.3) is 0 Å². The van der Waals surface area contributed by atoms with Gasteiger partial charge in [0.15, 0.2) is 0 Å². The van der Waals surface area contributed by atoms with Crippen molar-refractivity contribution in [3.8, 4) is 0 Å². The first kappa shape index (κ1) is 56.3. The fourth-order valence-corrected chi connectivity index (χ4v) is 3.24. The highest BCUT2D eigenvalue weighted by atomic mass is 16.4. The van der Waals surface area contributed by atoms with Gasteiger partial charge in [-0.15, -0.1) is 0 Å². The van der Waals surface area contributed by atoms with Crippen LogP contribution >= 0.6 is 0 Å². The number of carbonyl (C=O) groups excluding carboxylic acids is 8. The molecule has 0 radical (unpaired) electrons. The molecule has 0 bridgehead atoms. The van der Waals surface area contributed by atoms with E-state index in [-0.39, 0.29) is 56.0 Å². The minimum atomic E-state index is -1.08. The number of rotatable bonds is 19. The zero-order chi connectivity index (χ0) is 42.1. The van der Waals surface area contributed by atoms with Crippen LogP contribution in [0.4, 0.5) is 0 Å². The molecule has 0 aliphatic carbocycles. The van der Waals surface area contributed by atoms with Crippen molar-refractivity contribution in [2.45, 2.75) is 68.2 Å². The smallest absolute Gasteiger partial charge is 0.322 e. The number of carboxylic acids is 1. The maximum absolute atomic E-state index is 11.8. The fourth-order valence-electron chi connectivity index (χ4n) is 3.24. The molecule has 11 N–H and O–H groups in total. The number of aliphatic carboxylic acids is 1. The van der Waals surface area contributed by atoms with Crippen molar-refractivity contribution in [2.75, 3.05) is 60.0 Å². The Morgan fingerprint density at radius 2 is 0.788 bits per heavy atom. The molecular formula is C32H61N7O13. The molecule has 0 heterocycles. The molecule has 7 amide bonds. The van der Waals surface area contributed by atoms with Crippen molar-refractivity contribution < 1.29 is 63.6 Å². The van der Waals surface area contributed by atoms with Crippen LogP contribution in [0.15, 0.2) is 12.3 Å². The highest BCUT2D eigenvalue weighted by Crippen LogP contribution is 2.37. The lowest BCUT2D eigenvalue weighted by atomic mass is 9.73. The molecule has 0 saturated heterocycles. The van der Waals surface area contributed by atoms with Crippen LogP contribution in [-0.4, -0.2) is 134 Å². The summed E-state index contributed by atoms with van der Waals surface area (Å²) in [6.45, 7) is 15.0. The van der Waals surface area contributed by atoms with Crippen LogP contribution in [0.3, 0.4) is 0 Å². The van der Waals surface area contributed by atoms with Crippen molar-refractivity contribution in [1.82, 2.24) is 37.2 Å². The summed E-state index contributed by atoms with van der Waals surface area (Å²) < 4.78 is 0. The van der Waals surface area contributed by atoms with Crippen molar-refractivity contribution in [2.24, 2.45) is 10.8 Å². The lowest BCUT2D eigenvalue weighted by Crippen LogP contribution is -2.46. The van der Waals surface area contributed by atoms with E-state index in [1.807, 2.05) is 13.8 Å². The van der Waals surface area contributed by atoms with E-state index >= 15 is 0 Å². The molecule has 0 aromatic carbocycles. The second-order valence-electron chi connectivity index (χ2n) is 11.2. The summed E-state index contributed by atoms with van der Waals surface area (Å²) in [5, 5.41) is 47.8. The predicted molar refractivity (Wildman–Crippen MR) is 191 cm³/mol. The third-order valence-corrected chi connectivity index (χ3v) is 5.77. The van der Waals surface area contributed by atoms with Gasteiger partial charge < -0.3 is 57.6 Å². The van der Waals surface area contributed by atoms with Crippen LogP contribution in [0.1, 0.15) is 68.2 Å². The number of aliphatic hydroxyl groups is 3. The Balaban J connectivity index is -0.000000272. The Kier molecular flexibility index (Phi) is 35.8. The van der Waals surface area contributed by atoms with E-state index in [1.54, 1.807) is 34.6 Å². The molecule has 0 atom stereocenters. The van der Waals surface area contributed by atoms with Gasteiger partial charge >= 0.3 is 5.97 Å². The zero-order valence-corrected chi connectivity index (χ0v) is 32.0. The third kappa shape index (κ3) is 34.7. The summed E-state index contributed by atoms with van der Waals surface area (Å²) in [5.74, 6) is -5.00. The molecule has 0 spiro atoms. The highest BCUT2D eigenvalue weighted by molar-refractivity contribution is 5.92. The average Bonchev–Trinajstić information content (AvgIpc) is 3.10.